The largest absolute Gasteiger partial charge is 0.462 e. The highest BCUT2D eigenvalue weighted by Gasteiger charge is 2.83. The van der Waals surface area contributed by atoms with Gasteiger partial charge in [0.2, 0.25) is 0 Å². The van der Waals surface area contributed by atoms with Crippen molar-refractivity contribution in [1.29, 1.82) is 0 Å². The van der Waals surface area contributed by atoms with E-state index in [0.717, 1.165) is 29.2 Å². The Morgan fingerprint density at radius 3 is 2.55 bits per heavy atom. The first-order valence-corrected chi connectivity index (χ1v) is 17.2. The molecule has 2 aromatic rings. The Balaban J connectivity index is 1.13. The Morgan fingerprint density at radius 1 is 0.959 bits per heavy atom. The number of carbonyl (C=O) groups excluding carboxylic acids is 3. The van der Waals surface area contributed by atoms with Crippen molar-refractivity contribution >= 4 is 28.7 Å². The van der Waals surface area contributed by atoms with Gasteiger partial charge in [-0.15, -0.1) is 0 Å². The van der Waals surface area contributed by atoms with Crippen molar-refractivity contribution in [2.45, 2.75) is 89.5 Å². The number of ether oxygens (including phenoxy) is 6. The second kappa shape index (κ2) is 13.0. The van der Waals surface area contributed by atoms with Gasteiger partial charge in [0.05, 0.1) is 36.4 Å². The number of hydrogen-bond acceptors (Lipinski definition) is 9. The van der Waals surface area contributed by atoms with E-state index in [2.05, 4.69) is 19.9 Å². The molecule has 0 N–H and O–H groups in total. The lowest BCUT2D eigenvalue weighted by Crippen LogP contribution is -2.66. The smallest absolute Gasteiger partial charge is 0.338 e. The van der Waals surface area contributed by atoms with E-state index in [4.69, 9.17) is 28.4 Å². The normalized spacial score (nSPS) is 37.0. The highest BCUT2D eigenvalue weighted by Crippen LogP contribution is 2.72. The lowest BCUT2D eigenvalue weighted by atomic mass is 9.51. The molecule has 49 heavy (non-hydrogen) atoms. The van der Waals surface area contributed by atoms with Crippen LogP contribution in [0.1, 0.15) is 63.7 Å². The van der Waals surface area contributed by atoms with Gasteiger partial charge >= 0.3 is 17.9 Å². The molecular formula is C40H44O9. The zero-order chi connectivity index (χ0) is 34.4. The third kappa shape index (κ3) is 5.96. The molecule has 9 heteroatoms. The molecule has 2 spiro atoms. The Labute approximate surface area is 286 Å². The Hall–Kier alpha value is -4.05. The first kappa shape index (κ1) is 33.4. The SMILES string of the molecule is CC1=C[C@H]2O[C@@H]3C[C@H]4OC(=O)C=C/C=C\[C@@H]([C@@H](C)OC(=O)c5ccc6ccccc6c5)OCC/C(C)=C\C(=O)OC[C@@]2(CC1)[C@]4(C)[C@@]31CO1. The minimum absolute atomic E-state index is 0.115. The number of hydrogen-bond donors (Lipinski definition) is 0. The summed E-state index contributed by atoms with van der Waals surface area (Å²) in [6.45, 7) is 8.73. The van der Waals surface area contributed by atoms with Crippen LogP contribution in [0.5, 0.6) is 0 Å². The molecule has 2 saturated heterocycles. The van der Waals surface area contributed by atoms with Gasteiger partial charge in [-0.1, -0.05) is 72.7 Å². The fraction of sp³-hybridized carbons (Fsp3) is 0.475. The number of carbonyl (C=O) groups is 3. The summed E-state index contributed by atoms with van der Waals surface area (Å²) in [5.74, 6) is -1.40. The number of esters is 3. The van der Waals surface area contributed by atoms with Crippen molar-refractivity contribution < 1.29 is 42.8 Å². The summed E-state index contributed by atoms with van der Waals surface area (Å²) in [4.78, 5) is 39.7. The van der Waals surface area contributed by atoms with Crippen LogP contribution in [0.25, 0.3) is 10.8 Å². The average Bonchev–Trinajstić information content (AvgIpc) is 3.86. The van der Waals surface area contributed by atoms with Gasteiger partial charge < -0.3 is 28.4 Å². The molecule has 1 saturated carbocycles. The van der Waals surface area contributed by atoms with E-state index < -0.39 is 52.7 Å². The van der Waals surface area contributed by atoms with Gasteiger partial charge in [0.1, 0.15) is 30.5 Å². The fourth-order valence-corrected chi connectivity index (χ4v) is 8.46. The van der Waals surface area contributed by atoms with Crippen LogP contribution in [0.2, 0.25) is 0 Å². The second-order valence-electron chi connectivity index (χ2n) is 14.4. The minimum atomic E-state index is -0.653. The van der Waals surface area contributed by atoms with Gasteiger partial charge in [0, 0.05) is 24.0 Å². The molecule has 2 aliphatic carbocycles. The van der Waals surface area contributed by atoms with Crippen LogP contribution in [0.15, 0.2) is 90.1 Å². The molecular weight excluding hydrogens is 624 g/mol. The molecule has 8 atom stereocenters. The van der Waals surface area contributed by atoms with E-state index in [1.165, 1.54) is 17.7 Å². The highest BCUT2D eigenvalue weighted by molar-refractivity contribution is 5.95. The Morgan fingerprint density at radius 2 is 1.76 bits per heavy atom. The lowest BCUT2D eigenvalue weighted by Gasteiger charge is -2.58. The van der Waals surface area contributed by atoms with Crippen molar-refractivity contribution in [3.8, 4) is 0 Å². The monoisotopic (exact) mass is 668 g/mol. The molecule has 0 aromatic heterocycles. The molecule has 3 aliphatic heterocycles. The highest BCUT2D eigenvalue weighted by atomic mass is 16.6. The maximum absolute atomic E-state index is 13.3. The molecule has 3 heterocycles. The third-order valence-corrected chi connectivity index (χ3v) is 11.5. The maximum atomic E-state index is 13.3. The van der Waals surface area contributed by atoms with Crippen LogP contribution < -0.4 is 0 Å². The van der Waals surface area contributed by atoms with Crippen LogP contribution in [-0.2, 0) is 38.0 Å². The summed E-state index contributed by atoms with van der Waals surface area (Å²) in [6.07, 6.45) is 10.3. The molecule has 0 unspecified atom stereocenters. The Kier molecular flexibility index (Phi) is 8.88. The van der Waals surface area contributed by atoms with Crippen molar-refractivity contribution in [3.63, 3.8) is 0 Å². The van der Waals surface area contributed by atoms with Gasteiger partial charge in [0.25, 0.3) is 0 Å². The predicted molar refractivity (Wildman–Crippen MR) is 182 cm³/mol. The summed E-state index contributed by atoms with van der Waals surface area (Å²) in [5, 5.41) is 1.97. The molecule has 3 fully saturated rings. The first-order valence-electron chi connectivity index (χ1n) is 17.2. The molecule has 258 valence electrons. The van der Waals surface area contributed by atoms with E-state index >= 15 is 0 Å². The number of rotatable bonds is 3. The van der Waals surface area contributed by atoms with E-state index in [1.54, 1.807) is 31.2 Å². The summed E-state index contributed by atoms with van der Waals surface area (Å²) < 4.78 is 37.1. The predicted octanol–water partition coefficient (Wildman–Crippen LogP) is 6.36. The van der Waals surface area contributed by atoms with Gasteiger partial charge in [-0.3, -0.25) is 0 Å². The summed E-state index contributed by atoms with van der Waals surface area (Å²) >= 11 is 0. The standard InChI is InChI=1S/C40H44O9/c1-25-15-17-39-23-45-36(42)20-26(2)16-18-44-31(27(3)47-37(43)30-14-13-28-9-5-6-10-29(28)21-30)11-7-8-12-35(41)49-32-22-34(48-33(39)19-25)40(24-46-40)38(32,39)4/h5-14,19-21,27,31-34H,15-18,22-24H2,1-4H3/b11-7-,12-8?,26-20-/t27-,31+,32-,33-,34-,38-,39-,40-/m1/s1. The number of allylic oxidation sites excluding steroid dienone is 3. The van der Waals surface area contributed by atoms with Crippen LogP contribution in [0.3, 0.4) is 0 Å². The van der Waals surface area contributed by atoms with E-state index in [1.807, 2.05) is 43.3 Å². The summed E-state index contributed by atoms with van der Waals surface area (Å²) in [7, 11) is 0. The first-order chi connectivity index (χ1) is 23.5. The van der Waals surface area contributed by atoms with Crippen molar-refractivity contribution in [2.24, 2.45) is 10.8 Å². The van der Waals surface area contributed by atoms with Gasteiger partial charge in [0.15, 0.2) is 0 Å². The zero-order valence-electron chi connectivity index (χ0n) is 28.5. The molecule has 2 aromatic carbocycles. The topological polar surface area (TPSA) is 110 Å². The molecule has 7 rings (SSSR count). The number of benzene rings is 2. The van der Waals surface area contributed by atoms with Crippen LogP contribution in [-0.4, -0.2) is 73.8 Å². The number of cyclic esters (lactones) is 1. The van der Waals surface area contributed by atoms with Gasteiger partial charge in [-0.2, -0.15) is 0 Å². The maximum Gasteiger partial charge on any atom is 0.338 e. The summed E-state index contributed by atoms with van der Waals surface area (Å²) in [6, 6.07) is 13.3. The van der Waals surface area contributed by atoms with E-state index in [9.17, 15) is 14.4 Å². The van der Waals surface area contributed by atoms with Crippen molar-refractivity contribution in [2.75, 3.05) is 19.8 Å². The molecule has 5 aliphatic rings. The van der Waals surface area contributed by atoms with Crippen molar-refractivity contribution in [3.05, 3.63) is 95.6 Å². The fourth-order valence-electron chi connectivity index (χ4n) is 8.46. The van der Waals surface area contributed by atoms with E-state index in [0.29, 0.717) is 25.0 Å². The molecule has 9 nitrogen and oxygen atoms in total. The van der Waals surface area contributed by atoms with Crippen LogP contribution in [0, 0.1) is 10.8 Å². The molecule has 0 amide bonds. The van der Waals surface area contributed by atoms with Crippen molar-refractivity contribution in [1.82, 2.24) is 0 Å². The van der Waals surface area contributed by atoms with Crippen LogP contribution in [0.4, 0.5) is 0 Å². The van der Waals surface area contributed by atoms with Gasteiger partial charge in [-0.05, 0) is 62.9 Å². The number of epoxide rings is 1. The zero-order valence-corrected chi connectivity index (χ0v) is 28.5. The lowest BCUT2D eigenvalue weighted by molar-refractivity contribution is -0.232. The quantitative estimate of drug-likeness (QED) is 0.160. The minimum Gasteiger partial charge on any atom is -0.462 e. The van der Waals surface area contributed by atoms with E-state index in [-0.39, 0.29) is 25.4 Å². The molecule has 2 bridgehead atoms. The molecule has 0 radical (unpaired) electrons. The number of fused-ring (bicyclic) bond motifs is 1. The third-order valence-electron chi connectivity index (χ3n) is 11.5. The Bertz CT molecular complexity index is 1770. The van der Waals surface area contributed by atoms with Crippen LogP contribution >= 0.6 is 0 Å². The summed E-state index contributed by atoms with van der Waals surface area (Å²) in [5.41, 5.74) is 0.593. The van der Waals surface area contributed by atoms with Gasteiger partial charge in [-0.25, -0.2) is 14.4 Å². The second-order valence-corrected chi connectivity index (χ2v) is 14.4. The average molecular weight is 669 g/mol.